The molecule has 1 aromatic carbocycles. The highest BCUT2D eigenvalue weighted by Crippen LogP contribution is 2.19. The van der Waals surface area contributed by atoms with E-state index in [0.29, 0.717) is 31.2 Å². The Morgan fingerprint density at radius 2 is 1.96 bits per heavy atom. The highest BCUT2D eigenvalue weighted by molar-refractivity contribution is 5.92. The summed E-state index contributed by atoms with van der Waals surface area (Å²) in [6.07, 6.45) is 1.60. The summed E-state index contributed by atoms with van der Waals surface area (Å²) >= 11 is 0. The molecule has 27 heavy (non-hydrogen) atoms. The molecule has 0 spiro atoms. The first-order chi connectivity index (χ1) is 13.1. The Labute approximate surface area is 157 Å². The standard InChI is InChI=1S/C19H24FN5O2/c1-27-12-17(13-2-4-14(20)5-3-13)22-18-7-6-16(23-24-18)19(26)25-10-8-15(21)9-11-25/h2-7,15,17H,8-12,21H2,1H3,(H,22,24). The Kier molecular flexibility index (Phi) is 6.31. The largest absolute Gasteiger partial charge is 0.382 e. The van der Waals surface area contributed by atoms with Gasteiger partial charge in [0.25, 0.3) is 5.91 Å². The molecule has 1 aliphatic heterocycles. The number of nitrogens with one attached hydrogen (secondary N) is 1. The number of anilines is 1. The van der Waals surface area contributed by atoms with Crippen LogP contribution in [-0.2, 0) is 4.74 Å². The average molecular weight is 373 g/mol. The third-order valence-corrected chi connectivity index (χ3v) is 4.64. The highest BCUT2D eigenvalue weighted by atomic mass is 19.1. The number of benzene rings is 1. The van der Waals surface area contributed by atoms with Crippen LogP contribution in [0.15, 0.2) is 36.4 Å². The van der Waals surface area contributed by atoms with Crippen molar-refractivity contribution < 1.29 is 13.9 Å². The van der Waals surface area contributed by atoms with Crippen molar-refractivity contribution in [2.75, 3.05) is 32.1 Å². The Morgan fingerprint density at radius 1 is 1.26 bits per heavy atom. The number of rotatable bonds is 6. The van der Waals surface area contributed by atoms with Gasteiger partial charge >= 0.3 is 0 Å². The Balaban J connectivity index is 1.66. The fraction of sp³-hybridized carbons (Fsp3) is 0.421. The summed E-state index contributed by atoms with van der Waals surface area (Å²) in [5.74, 6) is 0.0859. The Bertz CT molecular complexity index is 746. The zero-order chi connectivity index (χ0) is 19.2. The predicted molar refractivity (Wildman–Crippen MR) is 99.8 cm³/mol. The van der Waals surface area contributed by atoms with E-state index in [0.717, 1.165) is 18.4 Å². The SMILES string of the molecule is COCC(Nc1ccc(C(=O)N2CCC(N)CC2)nn1)c1ccc(F)cc1. The van der Waals surface area contributed by atoms with E-state index in [2.05, 4.69) is 15.5 Å². The van der Waals surface area contributed by atoms with Crippen LogP contribution in [0, 0.1) is 5.82 Å². The molecule has 0 radical (unpaired) electrons. The molecule has 1 amide bonds. The normalized spacial score (nSPS) is 16.2. The van der Waals surface area contributed by atoms with Gasteiger partial charge in [-0.3, -0.25) is 4.79 Å². The third-order valence-electron chi connectivity index (χ3n) is 4.64. The molecule has 0 bridgehead atoms. The number of nitrogens with zero attached hydrogens (tertiary/aromatic N) is 3. The molecule has 2 heterocycles. The van der Waals surface area contributed by atoms with E-state index < -0.39 is 0 Å². The van der Waals surface area contributed by atoms with Gasteiger partial charge < -0.3 is 20.7 Å². The zero-order valence-electron chi connectivity index (χ0n) is 15.3. The molecule has 1 aliphatic rings. The van der Waals surface area contributed by atoms with Crippen molar-refractivity contribution >= 4 is 11.7 Å². The van der Waals surface area contributed by atoms with Crippen LogP contribution in [0.2, 0.25) is 0 Å². The molecule has 8 heteroatoms. The number of amides is 1. The van der Waals surface area contributed by atoms with E-state index in [1.165, 1.54) is 12.1 Å². The van der Waals surface area contributed by atoms with Gasteiger partial charge in [0, 0.05) is 26.2 Å². The summed E-state index contributed by atoms with van der Waals surface area (Å²) in [5, 5.41) is 11.4. The van der Waals surface area contributed by atoms with Crippen molar-refractivity contribution in [2.24, 2.45) is 5.73 Å². The van der Waals surface area contributed by atoms with E-state index in [4.69, 9.17) is 10.5 Å². The second kappa shape index (κ2) is 8.88. The van der Waals surface area contributed by atoms with Crippen LogP contribution in [0.5, 0.6) is 0 Å². The fourth-order valence-electron chi connectivity index (χ4n) is 3.05. The van der Waals surface area contributed by atoms with Crippen LogP contribution in [0.25, 0.3) is 0 Å². The van der Waals surface area contributed by atoms with Gasteiger partial charge in [0.15, 0.2) is 5.69 Å². The van der Waals surface area contributed by atoms with Gasteiger partial charge in [0.2, 0.25) is 0 Å². The predicted octanol–water partition coefficient (Wildman–Crippen LogP) is 1.98. The van der Waals surface area contributed by atoms with Crippen molar-refractivity contribution in [3.8, 4) is 0 Å². The number of carbonyl (C=O) groups is 1. The number of methoxy groups -OCH3 is 1. The van der Waals surface area contributed by atoms with Crippen molar-refractivity contribution in [3.63, 3.8) is 0 Å². The molecular formula is C19H24FN5O2. The second-order valence-electron chi connectivity index (χ2n) is 6.64. The fourth-order valence-corrected chi connectivity index (χ4v) is 3.05. The number of carbonyl (C=O) groups excluding carboxylic acids is 1. The number of likely N-dealkylation sites (tertiary alicyclic amines) is 1. The number of nitrogens with two attached hydrogens (primary N) is 1. The topological polar surface area (TPSA) is 93.4 Å². The maximum absolute atomic E-state index is 13.1. The molecule has 144 valence electrons. The van der Waals surface area contributed by atoms with Crippen molar-refractivity contribution in [2.45, 2.75) is 24.9 Å². The van der Waals surface area contributed by atoms with Gasteiger partial charge in [-0.2, -0.15) is 0 Å². The van der Waals surface area contributed by atoms with Crippen molar-refractivity contribution in [1.82, 2.24) is 15.1 Å². The van der Waals surface area contributed by atoms with E-state index >= 15 is 0 Å². The lowest BCUT2D eigenvalue weighted by atomic mass is 10.1. The lowest BCUT2D eigenvalue weighted by molar-refractivity contribution is 0.0707. The van der Waals surface area contributed by atoms with Gasteiger partial charge in [-0.25, -0.2) is 4.39 Å². The van der Waals surface area contributed by atoms with Gasteiger partial charge in [-0.05, 0) is 42.7 Å². The first-order valence-corrected chi connectivity index (χ1v) is 8.96. The number of hydrogen-bond acceptors (Lipinski definition) is 6. The minimum atomic E-state index is -0.295. The molecule has 1 unspecified atom stereocenters. The molecule has 1 saturated heterocycles. The third kappa shape index (κ3) is 4.99. The van der Waals surface area contributed by atoms with Crippen LogP contribution in [0.3, 0.4) is 0 Å². The van der Waals surface area contributed by atoms with Crippen molar-refractivity contribution in [3.05, 3.63) is 53.5 Å². The number of aromatic nitrogens is 2. The number of halogens is 1. The summed E-state index contributed by atoms with van der Waals surface area (Å²) < 4.78 is 18.4. The number of piperidine rings is 1. The monoisotopic (exact) mass is 373 g/mol. The van der Waals surface area contributed by atoms with Gasteiger partial charge in [0.1, 0.15) is 11.6 Å². The van der Waals surface area contributed by atoms with Crippen LogP contribution in [0.1, 0.15) is 34.9 Å². The highest BCUT2D eigenvalue weighted by Gasteiger charge is 2.23. The summed E-state index contributed by atoms with van der Waals surface area (Å²) in [5.41, 5.74) is 7.05. The van der Waals surface area contributed by atoms with E-state index in [9.17, 15) is 9.18 Å². The Morgan fingerprint density at radius 3 is 2.56 bits per heavy atom. The molecule has 1 fully saturated rings. The molecule has 2 aromatic rings. The summed E-state index contributed by atoms with van der Waals surface area (Å²) in [6.45, 7) is 1.66. The Hall–Kier alpha value is -2.58. The average Bonchev–Trinajstić information content (AvgIpc) is 2.69. The molecule has 0 aliphatic carbocycles. The summed E-state index contributed by atoms with van der Waals surface area (Å²) in [7, 11) is 1.59. The lowest BCUT2D eigenvalue weighted by Gasteiger charge is -2.29. The van der Waals surface area contributed by atoms with Crippen molar-refractivity contribution in [1.29, 1.82) is 0 Å². The van der Waals surface area contributed by atoms with Crippen LogP contribution in [0.4, 0.5) is 10.2 Å². The first kappa shape index (κ1) is 19.2. The number of hydrogen-bond donors (Lipinski definition) is 2. The lowest BCUT2D eigenvalue weighted by Crippen LogP contribution is -2.43. The minimum absolute atomic E-state index is 0.132. The van der Waals surface area contributed by atoms with E-state index in [-0.39, 0.29) is 23.8 Å². The summed E-state index contributed by atoms with van der Waals surface area (Å²) in [4.78, 5) is 14.3. The minimum Gasteiger partial charge on any atom is -0.382 e. The number of ether oxygens (including phenoxy) is 1. The van der Waals surface area contributed by atoms with Gasteiger partial charge in [-0.1, -0.05) is 12.1 Å². The van der Waals surface area contributed by atoms with Crippen LogP contribution >= 0.6 is 0 Å². The second-order valence-corrected chi connectivity index (χ2v) is 6.64. The summed E-state index contributed by atoms with van der Waals surface area (Å²) in [6, 6.07) is 9.50. The molecule has 0 saturated carbocycles. The van der Waals surface area contributed by atoms with E-state index in [1.807, 2.05) is 0 Å². The molecule has 1 aromatic heterocycles. The maximum atomic E-state index is 13.1. The van der Waals surface area contributed by atoms with E-state index in [1.54, 1.807) is 36.3 Å². The quantitative estimate of drug-likeness (QED) is 0.804. The van der Waals surface area contributed by atoms with Gasteiger partial charge in [0.05, 0.1) is 12.6 Å². The zero-order valence-corrected chi connectivity index (χ0v) is 15.3. The molecular weight excluding hydrogens is 349 g/mol. The molecule has 7 nitrogen and oxygen atoms in total. The van der Waals surface area contributed by atoms with Crippen LogP contribution in [-0.4, -0.2) is 53.9 Å². The smallest absolute Gasteiger partial charge is 0.274 e. The molecule has 1 atom stereocenters. The van der Waals surface area contributed by atoms with Crippen LogP contribution < -0.4 is 11.1 Å². The molecule has 3 rings (SSSR count). The van der Waals surface area contributed by atoms with Gasteiger partial charge in [-0.15, -0.1) is 10.2 Å². The maximum Gasteiger partial charge on any atom is 0.274 e. The first-order valence-electron chi connectivity index (χ1n) is 8.96. The molecule has 3 N–H and O–H groups in total.